The van der Waals surface area contributed by atoms with Gasteiger partial charge < -0.3 is 14.8 Å². The van der Waals surface area contributed by atoms with E-state index < -0.39 is 12.1 Å². The molecule has 0 aromatic heterocycles. The molecule has 142 valence electrons. The highest BCUT2D eigenvalue weighted by Gasteiger charge is 2.22. The van der Waals surface area contributed by atoms with Gasteiger partial charge in [-0.15, -0.1) is 0 Å². The lowest BCUT2D eigenvalue weighted by Crippen LogP contribution is -2.33. The first-order chi connectivity index (χ1) is 13.1. The average Bonchev–Trinajstić information content (AvgIpc) is 2.71. The second-order valence-corrected chi connectivity index (χ2v) is 6.68. The zero-order chi connectivity index (χ0) is 19.2. The molecule has 3 rings (SSSR count). The number of fused-ring (bicyclic) bond motifs is 1. The Kier molecular flexibility index (Phi) is 6.12. The largest absolute Gasteiger partial charge is 0.481 e. The fourth-order valence-electron chi connectivity index (χ4n) is 3.36. The third-order valence-corrected chi connectivity index (χ3v) is 4.85. The number of benzene rings is 2. The van der Waals surface area contributed by atoms with E-state index >= 15 is 0 Å². The Hall–Kier alpha value is -2.82. The molecular weight excluding hydrogens is 342 g/mol. The molecule has 0 unspecified atom stereocenters. The number of esters is 1. The van der Waals surface area contributed by atoms with Crippen LogP contribution in [0.1, 0.15) is 47.7 Å². The van der Waals surface area contributed by atoms with Gasteiger partial charge >= 0.3 is 5.97 Å². The summed E-state index contributed by atoms with van der Waals surface area (Å²) in [6, 6.07) is 12.9. The molecule has 27 heavy (non-hydrogen) atoms. The minimum Gasteiger partial charge on any atom is -0.481 e. The predicted molar refractivity (Wildman–Crippen MR) is 104 cm³/mol. The van der Waals surface area contributed by atoms with Gasteiger partial charge in [-0.3, -0.25) is 4.79 Å². The van der Waals surface area contributed by atoms with Crippen molar-refractivity contribution >= 4 is 17.6 Å². The van der Waals surface area contributed by atoms with Crippen molar-refractivity contribution in [2.45, 2.75) is 45.1 Å². The number of para-hydroxylation sites is 1. The van der Waals surface area contributed by atoms with Crippen LogP contribution >= 0.6 is 0 Å². The van der Waals surface area contributed by atoms with E-state index in [1.54, 1.807) is 24.3 Å². The van der Waals surface area contributed by atoms with Crippen molar-refractivity contribution in [1.82, 2.24) is 0 Å². The first-order valence-corrected chi connectivity index (χ1v) is 9.39. The Morgan fingerprint density at radius 3 is 2.56 bits per heavy atom. The van der Waals surface area contributed by atoms with Gasteiger partial charge in [0, 0.05) is 0 Å². The van der Waals surface area contributed by atoms with E-state index in [9.17, 15) is 9.59 Å². The number of carbonyl (C=O) groups excluding carboxylic acids is 2. The summed E-state index contributed by atoms with van der Waals surface area (Å²) in [5, 5.41) is 2.79. The molecule has 0 saturated heterocycles. The highest BCUT2D eigenvalue weighted by atomic mass is 16.5. The van der Waals surface area contributed by atoms with Gasteiger partial charge in [0.05, 0.1) is 18.4 Å². The summed E-state index contributed by atoms with van der Waals surface area (Å²) < 4.78 is 10.7. The second kappa shape index (κ2) is 8.71. The Morgan fingerprint density at radius 1 is 1.07 bits per heavy atom. The third-order valence-electron chi connectivity index (χ3n) is 4.85. The lowest BCUT2D eigenvalue weighted by atomic mass is 9.92. The minimum atomic E-state index is -0.641. The Morgan fingerprint density at radius 2 is 1.81 bits per heavy atom. The van der Waals surface area contributed by atoms with E-state index in [4.69, 9.17) is 9.47 Å². The molecule has 0 fully saturated rings. The van der Waals surface area contributed by atoms with Crippen molar-refractivity contribution in [3.05, 3.63) is 59.2 Å². The van der Waals surface area contributed by atoms with Gasteiger partial charge in [-0.2, -0.15) is 0 Å². The summed E-state index contributed by atoms with van der Waals surface area (Å²) >= 11 is 0. The van der Waals surface area contributed by atoms with Gasteiger partial charge in [-0.25, -0.2) is 4.79 Å². The summed E-state index contributed by atoms with van der Waals surface area (Å²) in [6.45, 7) is 1.90. The predicted octanol–water partition coefficient (Wildman–Crippen LogP) is 4.15. The molecule has 1 aliphatic carbocycles. The topological polar surface area (TPSA) is 64.6 Å². The molecule has 2 aromatic rings. The number of carbonyl (C=O) groups is 2. The number of nitrogens with one attached hydrogen (secondary N) is 1. The molecule has 5 heteroatoms. The molecule has 5 nitrogen and oxygen atoms in total. The second-order valence-electron chi connectivity index (χ2n) is 6.68. The highest BCUT2D eigenvalue weighted by Crippen LogP contribution is 2.26. The van der Waals surface area contributed by atoms with E-state index in [2.05, 4.69) is 11.4 Å². The van der Waals surface area contributed by atoms with Crippen LogP contribution in [0, 0.1) is 0 Å². The summed E-state index contributed by atoms with van der Waals surface area (Å²) in [5.74, 6) is -0.0694. The maximum absolute atomic E-state index is 12.7. The zero-order valence-corrected chi connectivity index (χ0v) is 15.8. The Labute approximate surface area is 159 Å². The molecule has 1 aliphatic rings. The Balaban J connectivity index is 1.73. The van der Waals surface area contributed by atoms with E-state index in [1.807, 2.05) is 19.1 Å². The number of hydrogen-bond acceptors (Lipinski definition) is 4. The van der Waals surface area contributed by atoms with Gasteiger partial charge in [-0.1, -0.05) is 25.1 Å². The molecule has 0 heterocycles. The van der Waals surface area contributed by atoms with Crippen molar-refractivity contribution in [3.63, 3.8) is 0 Å². The first-order valence-electron chi connectivity index (χ1n) is 9.39. The number of methoxy groups -OCH3 is 1. The molecule has 0 radical (unpaired) electrons. The van der Waals surface area contributed by atoms with Crippen LogP contribution in [0.25, 0.3) is 0 Å². The van der Waals surface area contributed by atoms with Gasteiger partial charge in [0.25, 0.3) is 5.91 Å². The van der Waals surface area contributed by atoms with Crippen molar-refractivity contribution in [3.8, 4) is 5.75 Å². The molecule has 1 N–H and O–H groups in total. The number of amides is 1. The summed E-state index contributed by atoms with van der Waals surface area (Å²) in [7, 11) is 1.31. The summed E-state index contributed by atoms with van der Waals surface area (Å²) in [6.07, 6.45) is 4.46. The van der Waals surface area contributed by atoms with Crippen LogP contribution in [0.3, 0.4) is 0 Å². The van der Waals surface area contributed by atoms with E-state index in [0.717, 1.165) is 12.8 Å². The van der Waals surface area contributed by atoms with Gasteiger partial charge in [0.15, 0.2) is 6.10 Å². The number of rotatable bonds is 6. The van der Waals surface area contributed by atoms with Gasteiger partial charge in [0.1, 0.15) is 5.75 Å². The fourth-order valence-corrected chi connectivity index (χ4v) is 3.36. The lowest BCUT2D eigenvalue weighted by molar-refractivity contribution is -0.122. The van der Waals surface area contributed by atoms with Crippen LogP contribution in [0.15, 0.2) is 42.5 Å². The number of hydrogen-bond donors (Lipinski definition) is 1. The molecule has 0 bridgehead atoms. The Bertz CT molecular complexity index is 831. The number of ether oxygens (including phenoxy) is 2. The van der Waals surface area contributed by atoms with E-state index in [-0.39, 0.29) is 5.91 Å². The molecule has 1 atom stereocenters. The SMILES string of the molecule is CC[C@@H](Oc1ccc2c(c1)CCCC2)C(=O)Nc1ccccc1C(=O)OC. The van der Waals surface area contributed by atoms with Crippen LogP contribution in [-0.2, 0) is 22.4 Å². The molecule has 1 amide bonds. The summed E-state index contributed by atoms with van der Waals surface area (Å²) in [5.41, 5.74) is 3.42. The van der Waals surface area contributed by atoms with Crippen molar-refractivity contribution in [2.24, 2.45) is 0 Å². The quantitative estimate of drug-likeness (QED) is 0.779. The lowest BCUT2D eigenvalue weighted by Gasteiger charge is -2.21. The summed E-state index contributed by atoms with van der Waals surface area (Å²) in [4.78, 5) is 24.6. The third kappa shape index (κ3) is 4.48. The molecule has 0 aliphatic heterocycles. The van der Waals surface area contributed by atoms with Crippen LogP contribution < -0.4 is 10.1 Å². The maximum Gasteiger partial charge on any atom is 0.339 e. The standard InChI is InChI=1S/C22H25NO4/c1-3-20(27-17-13-12-15-8-4-5-9-16(15)14-17)21(24)23-19-11-7-6-10-18(19)22(25)26-2/h6-7,10-14,20H,3-5,8-9H2,1-2H3,(H,23,24)/t20-/m1/s1. The van der Waals surface area contributed by atoms with Gasteiger partial charge in [0.2, 0.25) is 0 Å². The number of anilines is 1. The smallest absolute Gasteiger partial charge is 0.339 e. The van der Waals surface area contributed by atoms with Crippen molar-refractivity contribution < 1.29 is 19.1 Å². The van der Waals surface area contributed by atoms with E-state index in [1.165, 1.54) is 31.1 Å². The fraction of sp³-hybridized carbons (Fsp3) is 0.364. The van der Waals surface area contributed by atoms with Crippen molar-refractivity contribution in [2.75, 3.05) is 12.4 Å². The van der Waals surface area contributed by atoms with Crippen molar-refractivity contribution in [1.29, 1.82) is 0 Å². The molecule has 2 aromatic carbocycles. The average molecular weight is 367 g/mol. The molecular formula is C22H25NO4. The maximum atomic E-state index is 12.7. The molecule has 0 spiro atoms. The van der Waals surface area contributed by atoms with Crippen LogP contribution in [0.2, 0.25) is 0 Å². The van der Waals surface area contributed by atoms with Gasteiger partial charge in [-0.05, 0) is 67.5 Å². The first kappa shape index (κ1) is 19.0. The van der Waals surface area contributed by atoms with E-state index in [0.29, 0.717) is 23.4 Å². The van der Waals surface area contributed by atoms with Crippen LogP contribution in [0.5, 0.6) is 5.75 Å². The normalized spacial score (nSPS) is 14.0. The zero-order valence-electron chi connectivity index (χ0n) is 15.8. The highest BCUT2D eigenvalue weighted by molar-refractivity contribution is 6.02. The van der Waals surface area contributed by atoms with Crippen LogP contribution in [-0.4, -0.2) is 25.1 Å². The van der Waals surface area contributed by atoms with Crippen LogP contribution in [0.4, 0.5) is 5.69 Å². The minimum absolute atomic E-state index is 0.286. The number of aryl methyl sites for hydroxylation is 2. The monoisotopic (exact) mass is 367 g/mol. The molecule has 0 saturated carbocycles.